The number of aromatic nitrogens is 2. The van der Waals surface area contributed by atoms with Gasteiger partial charge in [-0.1, -0.05) is 0 Å². The number of nitrogens with one attached hydrogen (secondary N) is 1. The van der Waals surface area contributed by atoms with Crippen molar-refractivity contribution in [2.24, 2.45) is 5.41 Å². The lowest BCUT2D eigenvalue weighted by Gasteiger charge is -2.42. The van der Waals surface area contributed by atoms with E-state index in [0.717, 1.165) is 83.4 Å². The van der Waals surface area contributed by atoms with Gasteiger partial charge in [-0.15, -0.1) is 0 Å². The molecular weight excluding hydrogens is 460 g/mol. The number of ether oxygens (including phenoxy) is 3. The predicted octanol–water partition coefficient (Wildman–Crippen LogP) is 2.16. The van der Waals surface area contributed by atoms with E-state index in [2.05, 4.69) is 15.1 Å². The van der Waals surface area contributed by atoms with Crippen LogP contribution in [0.3, 0.4) is 0 Å². The molecule has 0 spiro atoms. The van der Waals surface area contributed by atoms with Crippen LogP contribution in [0.1, 0.15) is 57.7 Å². The van der Waals surface area contributed by atoms with Crippen LogP contribution in [-0.2, 0) is 22.6 Å². The molecule has 4 aliphatic heterocycles. The molecule has 1 saturated carbocycles. The van der Waals surface area contributed by atoms with Crippen molar-refractivity contribution in [3.63, 3.8) is 0 Å². The van der Waals surface area contributed by atoms with Crippen molar-refractivity contribution in [1.82, 2.24) is 25.1 Å². The molecule has 2 unspecified atom stereocenters. The number of hydrogen-bond acceptors (Lipinski definition) is 9. The molecule has 198 valence electrons. The van der Waals surface area contributed by atoms with Crippen molar-refractivity contribution in [2.75, 3.05) is 57.4 Å². The average molecular weight is 501 g/mol. The van der Waals surface area contributed by atoms with Crippen LogP contribution in [0.5, 0.6) is 6.01 Å². The van der Waals surface area contributed by atoms with E-state index in [-0.39, 0.29) is 23.6 Å². The summed E-state index contributed by atoms with van der Waals surface area (Å²) >= 11 is 0. The van der Waals surface area contributed by atoms with Crippen LogP contribution in [0.15, 0.2) is 0 Å². The van der Waals surface area contributed by atoms with Gasteiger partial charge < -0.3 is 24.4 Å². The molecule has 2 atom stereocenters. The highest BCUT2D eigenvalue weighted by Crippen LogP contribution is 2.46. The van der Waals surface area contributed by atoms with Gasteiger partial charge in [-0.3, -0.25) is 9.80 Å². The summed E-state index contributed by atoms with van der Waals surface area (Å²) in [7, 11) is 0. The number of carbonyl (C=O) groups excluding carboxylic acids is 1. The number of fused-ring (bicyclic) bond motifs is 3. The standard InChI is InChI=1S/C26H40N6O4/c1-25(2,3)36-24(33)32-18-4-5-19(32)15-31(14-18)22-20-12-27-13-21(20)28-23(29-22)35-17-26(6-7-26)16-30-8-10-34-11-9-30/h18-19,27H,4-17H2,1-3H3. The molecule has 1 N–H and O–H groups in total. The Morgan fingerprint density at radius 2 is 1.83 bits per heavy atom. The topological polar surface area (TPSA) is 92.3 Å². The van der Waals surface area contributed by atoms with E-state index < -0.39 is 5.60 Å². The maximum absolute atomic E-state index is 12.9. The minimum absolute atomic E-state index is 0.145. The van der Waals surface area contributed by atoms with Gasteiger partial charge in [0.2, 0.25) is 0 Å². The van der Waals surface area contributed by atoms with Gasteiger partial charge in [-0.2, -0.15) is 9.97 Å². The van der Waals surface area contributed by atoms with Crippen molar-refractivity contribution < 1.29 is 19.0 Å². The second-order valence-corrected chi connectivity index (χ2v) is 12.2. The zero-order chi connectivity index (χ0) is 24.9. The van der Waals surface area contributed by atoms with Gasteiger partial charge in [-0.25, -0.2) is 4.79 Å². The Morgan fingerprint density at radius 3 is 2.50 bits per heavy atom. The summed E-state index contributed by atoms with van der Waals surface area (Å²) in [4.78, 5) is 29.5. The Bertz CT molecular complexity index is 973. The van der Waals surface area contributed by atoms with E-state index >= 15 is 0 Å². The summed E-state index contributed by atoms with van der Waals surface area (Å²) in [6.07, 6.45) is 4.20. The van der Waals surface area contributed by atoms with Gasteiger partial charge in [0.1, 0.15) is 11.4 Å². The fraction of sp³-hybridized carbons (Fsp3) is 0.808. The van der Waals surface area contributed by atoms with Crippen molar-refractivity contribution in [2.45, 2.75) is 77.2 Å². The molecule has 1 aliphatic carbocycles. The summed E-state index contributed by atoms with van der Waals surface area (Å²) in [6, 6.07) is 0.778. The minimum Gasteiger partial charge on any atom is -0.463 e. The Balaban J connectivity index is 1.15. The molecule has 5 aliphatic rings. The molecule has 6 rings (SSSR count). The van der Waals surface area contributed by atoms with Crippen LogP contribution < -0.4 is 15.0 Å². The normalized spacial score (nSPS) is 27.2. The monoisotopic (exact) mass is 500 g/mol. The number of piperazine rings is 1. The SMILES string of the molecule is CC(C)(C)OC(=O)N1C2CCC1CN(c1nc(OCC3(CN4CCOCC4)CC3)nc3c1CNC3)C2. The first-order valence-electron chi connectivity index (χ1n) is 13.6. The smallest absolute Gasteiger partial charge is 0.410 e. The zero-order valence-electron chi connectivity index (χ0n) is 21.9. The third-order valence-corrected chi connectivity index (χ3v) is 8.16. The van der Waals surface area contributed by atoms with Crippen LogP contribution in [0, 0.1) is 5.41 Å². The molecular formula is C26H40N6O4. The maximum atomic E-state index is 12.9. The van der Waals surface area contributed by atoms with Gasteiger partial charge >= 0.3 is 12.1 Å². The third kappa shape index (κ3) is 4.99. The lowest BCUT2D eigenvalue weighted by Crippen LogP contribution is -2.57. The number of anilines is 1. The van der Waals surface area contributed by atoms with Crippen LogP contribution in [0.25, 0.3) is 0 Å². The largest absolute Gasteiger partial charge is 0.463 e. The van der Waals surface area contributed by atoms with Crippen molar-refractivity contribution in [1.29, 1.82) is 0 Å². The van der Waals surface area contributed by atoms with Crippen LogP contribution >= 0.6 is 0 Å². The van der Waals surface area contributed by atoms with Crippen molar-refractivity contribution in [3.05, 3.63) is 11.3 Å². The van der Waals surface area contributed by atoms with E-state index in [1.807, 2.05) is 25.7 Å². The minimum atomic E-state index is -0.486. The first-order valence-corrected chi connectivity index (χ1v) is 13.6. The molecule has 36 heavy (non-hydrogen) atoms. The van der Waals surface area contributed by atoms with Gasteiger partial charge in [0.15, 0.2) is 0 Å². The summed E-state index contributed by atoms with van der Waals surface area (Å²) in [5.74, 6) is 0.971. The highest BCUT2D eigenvalue weighted by Gasteiger charge is 2.47. The number of carbonyl (C=O) groups is 1. The Hall–Kier alpha value is -2.17. The summed E-state index contributed by atoms with van der Waals surface area (Å²) in [6.45, 7) is 14.2. The summed E-state index contributed by atoms with van der Waals surface area (Å²) < 4.78 is 17.5. The van der Waals surface area contributed by atoms with Gasteiger partial charge in [0.05, 0.1) is 37.6 Å². The number of morpholine rings is 1. The number of nitrogens with zero attached hydrogens (tertiary/aromatic N) is 5. The Labute approximate surface area is 213 Å². The average Bonchev–Trinajstić information content (AvgIpc) is 3.32. The second kappa shape index (κ2) is 9.29. The molecule has 1 amide bonds. The second-order valence-electron chi connectivity index (χ2n) is 12.2. The molecule has 1 aromatic rings. The molecule has 10 heteroatoms. The number of hydrogen-bond donors (Lipinski definition) is 1. The molecule has 0 aromatic carbocycles. The highest BCUT2D eigenvalue weighted by atomic mass is 16.6. The third-order valence-electron chi connectivity index (χ3n) is 8.16. The van der Waals surface area contributed by atoms with Crippen LogP contribution in [0.2, 0.25) is 0 Å². The van der Waals surface area contributed by atoms with Crippen LogP contribution in [0.4, 0.5) is 10.6 Å². The molecule has 1 aromatic heterocycles. The van der Waals surface area contributed by atoms with E-state index in [9.17, 15) is 4.79 Å². The molecule has 2 bridgehead atoms. The van der Waals surface area contributed by atoms with Gasteiger partial charge in [-0.05, 0) is 46.5 Å². The first-order chi connectivity index (χ1) is 17.3. The fourth-order valence-corrected chi connectivity index (χ4v) is 6.12. The van der Waals surface area contributed by atoms with Gasteiger partial charge in [0.25, 0.3) is 0 Å². The van der Waals surface area contributed by atoms with Crippen molar-refractivity contribution >= 4 is 11.9 Å². The van der Waals surface area contributed by atoms with E-state index in [0.29, 0.717) is 12.6 Å². The zero-order valence-corrected chi connectivity index (χ0v) is 21.9. The lowest BCUT2D eigenvalue weighted by atomic mass is 10.1. The summed E-state index contributed by atoms with van der Waals surface area (Å²) in [5.41, 5.74) is 1.94. The number of rotatable bonds is 6. The molecule has 10 nitrogen and oxygen atoms in total. The Kier molecular flexibility index (Phi) is 6.24. The Morgan fingerprint density at radius 1 is 1.11 bits per heavy atom. The van der Waals surface area contributed by atoms with Crippen LogP contribution in [-0.4, -0.2) is 96.1 Å². The first kappa shape index (κ1) is 24.2. The fourth-order valence-electron chi connectivity index (χ4n) is 6.12. The quantitative estimate of drug-likeness (QED) is 0.631. The maximum Gasteiger partial charge on any atom is 0.410 e. The molecule has 0 radical (unpaired) electrons. The van der Waals surface area contributed by atoms with Gasteiger partial charge in [0, 0.05) is 56.8 Å². The molecule has 4 fully saturated rings. The molecule has 5 heterocycles. The van der Waals surface area contributed by atoms with E-state index in [1.54, 1.807) is 0 Å². The highest BCUT2D eigenvalue weighted by molar-refractivity contribution is 5.70. The predicted molar refractivity (Wildman–Crippen MR) is 134 cm³/mol. The van der Waals surface area contributed by atoms with E-state index in [1.165, 1.54) is 18.4 Å². The molecule has 3 saturated heterocycles. The van der Waals surface area contributed by atoms with Crippen molar-refractivity contribution in [3.8, 4) is 6.01 Å². The lowest BCUT2D eigenvalue weighted by molar-refractivity contribution is 0.0122. The van der Waals surface area contributed by atoms with E-state index in [4.69, 9.17) is 24.2 Å². The summed E-state index contributed by atoms with van der Waals surface area (Å²) in [5, 5.41) is 3.44. The number of amides is 1.